The predicted octanol–water partition coefficient (Wildman–Crippen LogP) is 0.655. The van der Waals surface area contributed by atoms with Gasteiger partial charge in [-0.3, -0.25) is 4.79 Å². The Balaban J connectivity index is 1.24. The summed E-state index contributed by atoms with van der Waals surface area (Å²) in [7, 11) is 0. The van der Waals surface area contributed by atoms with Crippen LogP contribution in [0.1, 0.15) is 40.2 Å². The van der Waals surface area contributed by atoms with E-state index in [0.717, 1.165) is 55.1 Å². The molecule has 0 amide bonds. The molecule has 3 aromatic rings. The Kier molecular flexibility index (Phi) is 5.24. The summed E-state index contributed by atoms with van der Waals surface area (Å²) in [5.74, 6) is 0.859. The van der Waals surface area contributed by atoms with Crippen LogP contribution < -0.4 is 15.4 Å². The molecule has 0 unspecified atom stereocenters. The predicted molar refractivity (Wildman–Crippen MR) is 117 cm³/mol. The summed E-state index contributed by atoms with van der Waals surface area (Å²) in [5, 5.41) is 0.871. The van der Waals surface area contributed by atoms with Gasteiger partial charge in [-0.05, 0) is 38.2 Å². The van der Waals surface area contributed by atoms with E-state index in [2.05, 4.69) is 36.2 Å². The van der Waals surface area contributed by atoms with Crippen molar-refractivity contribution < 1.29 is 9.80 Å². The van der Waals surface area contributed by atoms with Crippen LogP contribution in [-0.4, -0.2) is 36.1 Å². The minimum absolute atomic E-state index is 0.0764. The molecule has 2 aromatic heterocycles. The van der Waals surface area contributed by atoms with E-state index in [4.69, 9.17) is 4.98 Å². The third-order valence-electron chi connectivity index (χ3n) is 6.49. The average molecular weight is 411 g/mol. The summed E-state index contributed by atoms with van der Waals surface area (Å²) in [6, 6.07) is 8.86. The zero-order valence-electron chi connectivity index (χ0n) is 17.1. The molecule has 2 aliphatic rings. The smallest absolute Gasteiger partial charge is 0.260 e. The van der Waals surface area contributed by atoms with Gasteiger partial charge < -0.3 is 14.8 Å². The highest BCUT2D eigenvalue weighted by atomic mass is 32.1. The van der Waals surface area contributed by atoms with E-state index in [9.17, 15) is 4.79 Å². The summed E-state index contributed by atoms with van der Waals surface area (Å²) < 4.78 is 0. The van der Waals surface area contributed by atoms with Crippen LogP contribution in [0.2, 0.25) is 0 Å². The number of hydrogen-bond acceptors (Lipinski definition) is 3. The summed E-state index contributed by atoms with van der Waals surface area (Å²) in [5.41, 5.74) is 4.12. The molecule has 1 aromatic carbocycles. The molecule has 1 aliphatic carbocycles. The molecule has 0 atom stereocenters. The Morgan fingerprint density at radius 2 is 1.83 bits per heavy atom. The van der Waals surface area contributed by atoms with Crippen LogP contribution in [0, 0.1) is 6.92 Å². The average Bonchev–Trinajstić information content (AvgIpc) is 3.08. The van der Waals surface area contributed by atoms with Crippen LogP contribution in [0.25, 0.3) is 10.2 Å². The zero-order chi connectivity index (χ0) is 19.8. The summed E-state index contributed by atoms with van der Waals surface area (Å²) in [6.07, 6.45) is 4.58. The molecule has 152 valence electrons. The standard InChI is InChI=1S/C23H28N4OS/c1-16-5-4-6-17(13-16)14-26-9-11-27(12-10-26)15-20-24-22(28)21-18-7-2-3-8-19(18)29-23(21)25-20/h4-6,13H,2-3,7-12,14-15H2,1H3,(H,24,25,28)/p+2. The van der Waals surface area contributed by atoms with Gasteiger partial charge in [-0.15, -0.1) is 11.3 Å². The van der Waals surface area contributed by atoms with Crippen LogP contribution >= 0.6 is 11.3 Å². The summed E-state index contributed by atoms with van der Waals surface area (Å²) in [6.45, 7) is 8.69. The van der Waals surface area contributed by atoms with Crippen molar-refractivity contribution in [1.29, 1.82) is 0 Å². The molecule has 1 aliphatic heterocycles. The molecular weight excluding hydrogens is 380 g/mol. The number of benzene rings is 1. The van der Waals surface area contributed by atoms with Crippen LogP contribution in [0.3, 0.4) is 0 Å². The highest BCUT2D eigenvalue weighted by Crippen LogP contribution is 2.33. The van der Waals surface area contributed by atoms with E-state index in [1.807, 2.05) is 0 Å². The number of aromatic nitrogens is 2. The van der Waals surface area contributed by atoms with Gasteiger partial charge in [0.15, 0.2) is 5.82 Å². The first-order valence-corrected chi connectivity index (χ1v) is 11.7. The Labute approximate surface area is 175 Å². The molecule has 5 nitrogen and oxygen atoms in total. The summed E-state index contributed by atoms with van der Waals surface area (Å²) >= 11 is 1.75. The third kappa shape index (κ3) is 4.02. The van der Waals surface area contributed by atoms with E-state index in [-0.39, 0.29) is 5.56 Å². The number of nitrogens with one attached hydrogen (secondary N) is 3. The van der Waals surface area contributed by atoms with E-state index >= 15 is 0 Å². The molecule has 1 fully saturated rings. The number of aromatic amines is 1. The normalized spacial score (nSPS) is 22.0. The molecule has 29 heavy (non-hydrogen) atoms. The van der Waals surface area contributed by atoms with Crippen LogP contribution in [-0.2, 0) is 25.9 Å². The molecule has 3 N–H and O–H groups in total. The van der Waals surface area contributed by atoms with Gasteiger partial charge in [0.1, 0.15) is 44.1 Å². The topological polar surface area (TPSA) is 54.6 Å². The Morgan fingerprint density at radius 3 is 2.62 bits per heavy atom. The van der Waals surface area contributed by atoms with Crippen molar-refractivity contribution in [3.8, 4) is 0 Å². The molecule has 0 radical (unpaired) electrons. The van der Waals surface area contributed by atoms with Crippen molar-refractivity contribution >= 4 is 21.6 Å². The fraction of sp³-hybridized carbons (Fsp3) is 0.478. The maximum absolute atomic E-state index is 12.8. The second-order valence-corrected chi connectivity index (χ2v) is 9.83. The first-order chi connectivity index (χ1) is 14.2. The number of rotatable bonds is 4. The van der Waals surface area contributed by atoms with Gasteiger partial charge in [-0.2, -0.15) is 0 Å². The van der Waals surface area contributed by atoms with Crippen molar-refractivity contribution in [3.05, 3.63) is 62.0 Å². The molecule has 6 heteroatoms. The van der Waals surface area contributed by atoms with E-state index in [0.29, 0.717) is 0 Å². The maximum Gasteiger partial charge on any atom is 0.260 e. The van der Waals surface area contributed by atoms with Gasteiger partial charge in [-0.25, -0.2) is 4.98 Å². The minimum Gasteiger partial charge on any atom is -0.322 e. The number of H-pyrrole nitrogens is 1. The molecule has 3 heterocycles. The fourth-order valence-electron chi connectivity index (χ4n) is 4.95. The van der Waals surface area contributed by atoms with Gasteiger partial charge in [0, 0.05) is 10.4 Å². The number of aryl methyl sites for hydroxylation is 3. The Bertz CT molecular complexity index is 1080. The second-order valence-electron chi connectivity index (χ2n) is 8.75. The number of fused-ring (bicyclic) bond motifs is 3. The number of nitrogens with zero attached hydrogens (tertiary/aromatic N) is 1. The zero-order valence-corrected chi connectivity index (χ0v) is 18.0. The van der Waals surface area contributed by atoms with E-state index < -0.39 is 0 Å². The number of thiophene rings is 1. The lowest BCUT2D eigenvalue weighted by Gasteiger charge is -2.29. The van der Waals surface area contributed by atoms with Crippen molar-refractivity contribution in [2.24, 2.45) is 0 Å². The fourth-order valence-corrected chi connectivity index (χ4v) is 6.23. The molecule has 0 bridgehead atoms. The van der Waals surface area contributed by atoms with E-state index in [1.54, 1.807) is 16.2 Å². The van der Waals surface area contributed by atoms with Gasteiger partial charge in [0.05, 0.1) is 5.39 Å². The van der Waals surface area contributed by atoms with Gasteiger partial charge >= 0.3 is 0 Å². The van der Waals surface area contributed by atoms with Gasteiger partial charge in [0.2, 0.25) is 0 Å². The van der Waals surface area contributed by atoms with Gasteiger partial charge in [0.25, 0.3) is 5.56 Å². The quantitative estimate of drug-likeness (QED) is 0.592. The van der Waals surface area contributed by atoms with Crippen LogP contribution in [0.5, 0.6) is 0 Å². The van der Waals surface area contributed by atoms with Crippen molar-refractivity contribution in [3.63, 3.8) is 0 Å². The molecule has 0 saturated carbocycles. The largest absolute Gasteiger partial charge is 0.322 e. The minimum atomic E-state index is 0.0764. The van der Waals surface area contributed by atoms with Crippen LogP contribution in [0.15, 0.2) is 29.1 Å². The number of piperazine rings is 1. The van der Waals surface area contributed by atoms with Crippen LogP contribution in [0.4, 0.5) is 0 Å². The van der Waals surface area contributed by atoms with E-state index in [1.165, 1.54) is 52.4 Å². The second kappa shape index (κ2) is 8.01. The molecule has 0 spiro atoms. The first kappa shape index (κ1) is 19.0. The number of hydrogen-bond donors (Lipinski definition) is 3. The lowest BCUT2D eigenvalue weighted by atomic mass is 9.97. The van der Waals surface area contributed by atoms with Crippen molar-refractivity contribution in [1.82, 2.24) is 9.97 Å². The monoisotopic (exact) mass is 410 g/mol. The molecular formula is C23H30N4OS+2. The van der Waals surface area contributed by atoms with Crippen molar-refractivity contribution in [2.45, 2.75) is 45.7 Å². The highest BCUT2D eigenvalue weighted by Gasteiger charge is 2.25. The Morgan fingerprint density at radius 1 is 1.07 bits per heavy atom. The Hall–Kier alpha value is -2.02. The molecule has 5 rings (SSSR count). The van der Waals surface area contributed by atoms with Gasteiger partial charge in [-0.1, -0.05) is 29.8 Å². The number of quaternary nitrogens is 2. The van der Waals surface area contributed by atoms with Crippen molar-refractivity contribution in [2.75, 3.05) is 26.2 Å². The first-order valence-electron chi connectivity index (χ1n) is 10.9. The lowest BCUT2D eigenvalue weighted by Crippen LogP contribution is -3.27. The highest BCUT2D eigenvalue weighted by molar-refractivity contribution is 7.18. The maximum atomic E-state index is 12.8. The summed E-state index contributed by atoms with van der Waals surface area (Å²) in [4.78, 5) is 26.3. The lowest BCUT2D eigenvalue weighted by molar-refractivity contribution is -1.02. The third-order valence-corrected chi connectivity index (χ3v) is 7.68. The molecule has 1 saturated heterocycles. The SMILES string of the molecule is Cc1cccc(C[NH+]2CC[NH+](Cc3nc4sc5c(c4c(=O)[nH]3)CCCC5)CC2)c1.